The highest BCUT2D eigenvalue weighted by molar-refractivity contribution is 5.99. The molecule has 0 heterocycles. The van der Waals surface area contributed by atoms with Gasteiger partial charge in [0.2, 0.25) is 0 Å². The van der Waals surface area contributed by atoms with Crippen LogP contribution in [0.4, 0.5) is 24.5 Å². The van der Waals surface area contributed by atoms with Crippen molar-refractivity contribution in [1.82, 2.24) is 0 Å². The topological polar surface area (TPSA) is 55.1 Å². The minimum Gasteiger partial charge on any atom is -0.398 e. The minimum atomic E-state index is -4.09. The summed E-state index contributed by atoms with van der Waals surface area (Å²) in [4.78, 5) is 11.3. The zero-order valence-electron chi connectivity index (χ0n) is 10.7. The molecule has 0 spiro atoms. The van der Waals surface area contributed by atoms with E-state index in [1.807, 2.05) is 0 Å². The standard InChI is InChI=1S/C13H17F3N2O/c1-9(19)11-8-10(4-5-12(11)17)18-7-3-2-6-13(14,15)16/h4-5,8,18H,2-3,6-7,17H2,1H3. The first-order chi connectivity index (χ1) is 8.79. The lowest BCUT2D eigenvalue weighted by molar-refractivity contribution is -0.135. The van der Waals surface area contributed by atoms with Crippen LogP contribution in [-0.4, -0.2) is 18.5 Å². The number of rotatable bonds is 6. The lowest BCUT2D eigenvalue weighted by Crippen LogP contribution is -2.09. The molecule has 1 aromatic carbocycles. The van der Waals surface area contributed by atoms with Gasteiger partial charge in [-0.2, -0.15) is 13.2 Å². The van der Waals surface area contributed by atoms with Gasteiger partial charge in [0.1, 0.15) is 0 Å². The summed E-state index contributed by atoms with van der Waals surface area (Å²) in [7, 11) is 0. The fourth-order valence-electron chi connectivity index (χ4n) is 1.65. The van der Waals surface area contributed by atoms with E-state index < -0.39 is 12.6 Å². The number of anilines is 2. The number of unbranched alkanes of at least 4 members (excludes halogenated alkanes) is 1. The fraction of sp³-hybridized carbons (Fsp3) is 0.462. The number of nitrogens with one attached hydrogen (secondary N) is 1. The molecule has 1 aromatic rings. The maximum absolute atomic E-state index is 11.9. The number of ketones is 1. The zero-order valence-corrected chi connectivity index (χ0v) is 10.7. The quantitative estimate of drug-likeness (QED) is 0.473. The van der Waals surface area contributed by atoms with Gasteiger partial charge in [-0.3, -0.25) is 4.79 Å². The highest BCUT2D eigenvalue weighted by Crippen LogP contribution is 2.22. The highest BCUT2D eigenvalue weighted by atomic mass is 19.4. The molecular weight excluding hydrogens is 257 g/mol. The summed E-state index contributed by atoms with van der Waals surface area (Å²) < 4.78 is 35.8. The summed E-state index contributed by atoms with van der Waals surface area (Å²) in [6, 6.07) is 4.92. The first-order valence-corrected chi connectivity index (χ1v) is 6.00. The molecule has 0 aliphatic carbocycles. The lowest BCUT2D eigenvalue weighted by Gasteiger charge is -2.10. The number of carbonyl (C=O) groups excluding carboxylic acids is 1. The molecular formula is C13H17F3N2O. The van der Waals surface area contributed by atoms with Crippen LogP contribution in [0.15, 0.2) is 18.2 Å². The number of hydrogen-bond donors (Lipinski definition) is 2. The number of carbonyl (C=O) groups is 1. The van der Waals surface area contributed by atoms with Gasteiger partial charge in [0.25, 0.3) is 0 Å². The molecule has 3 N–H and O–H groups in total. The van der Waals surface area contributed by atoms with Gasteiger partial charge in [-0.25, -0.2) is 0 Å². The minimum absolute atomic E-state index is 0.0883. The monoisotopic (exact) mass is 274 g/mol. The van der Waals surface area contributed by atoms with Crippen molar-refractivity contribution in [3.63, 3.8) is 0 Å². The Bertz CT molecular complexity index is 444. The molecule has 0 bridgehead atoms. The van der Waals surface area contributed by atoms with E-state index in [4.69, 9.17) is 5.73 Å². The maximum Gasteiger partial charge on any atom is 0.389 e. The number of nitrogen functional groups attached to an aromatic ring is 1. The molecule has 0 radical (unpaired) electrons. The average molecular weight is 274 g/mol. The summed E-state index contributed by atoms with van der Waals surface area (Å²) >= 11 is 0. The van der Waals surface area contributed by atoms with Crippen LogP contribution in [-0.2, 0) is 0 Å². The summed E-state index contributed by atoms with van der Waals surface area (Å²) in [5, 5.41) is 2.98. The van der Waals surface area contributed by atoms with Crippen LogP contribution in [0, 0.1) is 0 Å². The van der Waals surface area contributed by atoms with E-state index in [1.54, 1.807) is 18.2 Å². The van der Waals surface area contributed by atoms with E-state index in [-0.39, 0.29) is 12.2 Å². The zero-order chi connectivity index (χ0) is 14.5. The van der Waals surface area contributed by atoms with Crippen molar-refractivity contribution in [1.29, 1.82) is 0 Å². The number of benzene rings is 1. The summed E-state index contributed by atoms with van der Waals surface area (Å²) in [6.07, 6.45) is -4.36. The Balaban J connectivity index is 2.42. The molecule has 0 fully saturated rings. The molecule has 0 aliphatic rings. The predicted molar refractivity (Wildman–Crippen MR) is 69.3 cm³/mol. The molecule has 0 amide bonds. The van der Waals surface area contributed by atoms with Crippen molar-refractivity contribution in [3.8, 4) is 0 Å². The number of nitrogens with two attached hydrogens (primary N) is 1. The van der Waals surface area contributed by atoms with Crippen molar-refractivity contribution in [2.24, 2.45) is 0 Å². The average Bonchev–Trinajstić information content (AvgIpc) is 2.29. The molecule has 1 rings (SSSR count). The fourth-order valence-corrected chi connectivity index (χ4v) is 1.65. The van der Waals surface area contributed by atoms with Gasteiger partial charge in [0.05, 0.1) is 0 Å². The molecule has 6 heteroatoms. The van der Waals surface area contributed by atoms with E-state index in [2.05, 4.69) is 5.32 Å². The molecule has 19 heavy (non-hydrogen) atoms. The largest absolute Gasteiger partial charge is 0.398 e. The number of halogens is 3. The molecule has 0 saturated heterocycles. The Labute approximate surface area is 110 Å². The lowest BCUT2D eigenvalue weighted by atomic mass is 10.1. The normalized spacial score (nSPS) is 11.4. The summed E-state index contributed by atoms with van der Waals surface area (Å²) in [6.45, 7) is 1.84. The van der Waals surface area contributed by atoms with Gasteiger partial charge >= 0.3 is 6.18 Å². The van der Waals surface area contributed by atoms with Gasteiger partial charge < -0.3 is 11.1 Å². The highest BCUT2D eigenvalue weighted by Gasteiger charge is 2.25. The van der Waals surface area contributed by atoms with Crippen LogP contribution in [0.2, 0.25) is 0 Å². The Morgan fingerprint density at radius 1 is 1.32 bits per heavy atom. The van der Waals surface area contributed by atoms with E-state index in [1.165, 1.54) is 6.92 Å². The van der Waals surface area contributed by atoms with Crippen molar-refractivity contribution < 1.29 is 18.0 Å². The molecule has 0 atom stereocenters. The van der Waals surface area contributed by atoms with Crippen molar-refractivity contribution in [2.75, 3.05) is 17.6 Å². The molecule has 3 nitrogen and oxygen atoms in total. The van der Waals surface area contributed by atoms with Gasteiger partial charge in [0, 0.05) is 29.9 Å². The second-order valence-corrected chi connectivity index (χ2v) is 4.36. The van der Waals surface area contributed by atoms with E-state index in [0.29, 0.717) is 29.9 Å². The van der Waals surface area contributed by atoms with E-state index in [0.717, 1.165) is 0 Å². The second kappa shape index (κ2) is 6.45. The van der Waals surface area contributed by atoms with Gasteiger partial charge in [-0.05, 0) is 38.0 Å². The molecule has 0 unspecified atom stereocenters. The van der Waals surface area contributed by atoms with Crippen LogP contribution < -0.4 is 11.1 Å². The third-order valence-corrected chi connectivity index (χ3v) is 2.65. The van der Waals surface area contributed by atoms with Crippen LogP contribution in [0.5, 0.6) is 0 Å². The molecule has 0 aromatic heterocycles. The Morgan fingerprint density at radius 2 is 2.00 bits per heavy atom. The molecule has 0 saturated carbocycles. The number of Topliss-reactive ketones (excluding diaryl/α,β-unsaturated/α-hetero) is 1. The third kappa shape index (κ3) is 5.63. The summed E-state index contributed by atoms with van der Waals surface area (Å²) in [5.74, 6) is -0.141. The van der Waals surface area contributed by atoms with Gasteiger partial charge in [-0.1, -0.05) is 0 Å². The van der Waals surface area contributed by atoms with Crippen LogP contribution in [0.1, 0.15) is 36.5 Å². The molecule has 106 valence electrons. The number of hydrogen-bond acceptors (Lipinski definition) is 3. The SMILES string of the molecule is CC(=O)c1cc(NCCCCC(F)(F)F)ccc1N. The van der Waals surface area contributed by atoms with Gasteiger partial charge in [0.15, 0.2) is 5.78 Å². The smallest absolute Gasteiger partial charge is 0.389 e. The van der Waals surface area contributed by atoms with Crippen molar-refractivity contribution in [2.45, 2.75) is 32.4 Å². The van der Waals surface area contributed by atoms with E-state index in [9.17, 15) is 18.0 Å². The first-order valence-electron chi connectivity index (χ1n) is 6.00. The van der Waals surface area contributed by atoms with Crippen LogP contribution in [0.3, 0.4) is 0 Å². The van der Waals surface area contributed by atoms with Crippen LogP contribution in [0.25, 0.3) is 0 Å². The Kier molecular flexibility index (Phi) is 5.20. The predicted octanol–water partition coefficient (Wildman–Crippen LogP) is 3.62. The van der Waals surface area contributed by atoms with Gasteiger partial charge in [-0.15, -0.1) is 0 Å². The summed E-state index contributed by atoms with van der Waals surface area (Å²) in [5.41, 5.74) is 7.14. The second-order valence-electron chi connectivity index (χ2n) is 4.36. The van der Waals surface area contributed by atoms with E-state index >= 15 is 0 Å². The Hall–Kier alpha value is -1.72. The Morgan fingerprint density at radius 3 is 2.58 bits per heavy atom. The third-order valence-electron chi connectivity index (χ3n) is 2.65. The first kappa shape index (κ1) is 15.3. The van der Waals surface area contributed by atoms with Crippen molar-refractivity contribution >= 4 is 17.2 Å². The maximum atomic E-state index is 11.9. The van der Waals surface area contributed by atoms with Crippen LogP contribution >= 0.6 is 0 Å². The number of alkyl halides is 3. The molecule has 0 aliphatic heterocycles. The van der Waals surface area contributed by atoms with Crippen molar-refractivity contribution in [3.05, 3.63) is 23.8 Å².